The number of aryl methyl sites for hydroxylation is 1. The molecule has 4 heteroatoms. The van der Waals surface area contributed by atoms with Crippen molar-refractivity contribution in [1.82, 2.24) is 9.78 Å². The average Bonchev–Trinajstić information content (AvgIpc) is 2.75. The third kappa shape index (κ3) is 2.85. The van der Waals surface area contributed by atoms with E-state index in [0.29, 0.717) is 6.42 Å². The largest absolute Gasteiger partial charge is 0.497 e. The minimum atomic E-state index is -0.533. The van der Waals surface area contributed by atoms with E-state index in [1.807, 2.05) is 37.5 Å². The fourth-order valence-corrected chi connectivity index (χ4v) is 1.77. The monoisotopic (exact) mass is 232 g/mol. The molecule has 0 amide bonds. The smallest absolute Gasteiger partial charge is 0.119 e. The number of aliphatic hydroxyl groups excluding tert-OH is 1. The number of rotatable bonds is 4. The number of aliphatic hydroxyl groups is 1. The summed E-state index contributed by atoms with van der Waals surface area (Å²) >= 11 is 0. The van der Waals surface area contributed by atoms with Gasteiger partial charge in [0, 0.05) is 19.7 Å². The molecule has 1 aromatic heterocycles. The van der Waals surface area contributed by atoms with Crippen molar-refractivity contribution >= 4 is 0 Å². The Labute approximate surface area is 100 Å². The van der Waals surface area contributed by atoms with Gasteiger partial charge in [0.15, 0.2) is 0 Å². The first kappa shape index (κ1) is 11.7. The second-order valence-corrected chi connectivity index (χ2v) is 4.02. The summed E-state index contributed by atoms with van der Waals surface area (Å²) in [4.78, 5) is 0. The summed E-state index contributed by atoms with van der Waals surface area (Å²) in [6.07, 6.45) is 3.70. The molecule has 0 saturated carbocycles. The maximum Gasteiger partial charge on any atom is 0.119 e. The van der Waals surface area contributed by atoms with E-state index in [4.69, 9.17) is 4.74 Å². The Hall–Kier alpha value is -1.81. The lowest BCUT2D eigenvalue weighted by Gasteiger charge is -2.10. The summed E-state index contributed by atoms with van der Waals surface area (Å²) in [5, 5.41) is 14.2. The minimum Gasteiger partial charge on any atom is -0.497 e. The van der Waals surface area contributed by atoms with Crippen LogP contribution in [0.15, 0.2) is 36.7 Å². The van der Waals surface area contributed by atoms with Gasteiger partial charge in [-0.2, -0.15) is 5.10 Å². The van der Waals surface area contributed by atoms with Crippen LogP contribution in [0, 0.1) is 0 Å². The Bertz CT molecular complexity index is 494. The number of aromatic nitrogens is 2. The van der Waals surface area contributed by atoms with Gasteiger partial charge in [0.1, 0.15) is 5.75 Å². The highest BCUT2D eigenvalue weighted by atomic mass is 16.5. The SMILES string of the molecule is COc1cccc(C(O)Cc2cnn(C)c2)c1. The summed E-state index contributed by atoms with van der Waals surface area (Å²) in [7, 11) is 3.48. The lowest BCUT2D eigenvalue weighted by atomic mass is 10.0. The molecule has 1 unspecified atom stereocenters. The van der Waals surface area contributed by atoms with Gasteiger partial charge >= 0.3 is 0 Å². The molecule has 0 bridgehead atoms. The van der Waals surface area contributed by atoms with E-state index in [0.717, 1.165) is 16.9 Å². The Balaban J connectivity index is 2.11. The molecule has 0 aliphatic heterocycles. The fraction of sp³-hybridized carbons (Fsp3) is 0.308. The van der Waals surface area contributed by atoms with Crippen molar-refractivity contribution in [3.05, 3.63) is 47.8 Å². The molecule has 1 atom stereocenters. The molecule has 0 saturated heterocycles. The molecule has 1 N–H and O–H groups in total. The molecule has 0 radical (unpaired) electrons. The van der Waals surface area contributed by atoms with Crippen molar-refractivity contribution in [3.63, 3.8) is 0 Å². The third-order valence-corrected chi connectivity index (χ3v) is 2.67. The molecule has 4 nitrogen and oxygen atoms in total. The molecule has 1 aromatic carbocycles. The number of methoxy groups -OCH3 is 1. The molecular weight excluding hydrogens is 216 g/mol. The van der Waals surface area contributed by atoms with Crippen molar-refractivity contribution in [2.24, 2.45) is 7.05 Å². The zero-order valence-electron chi connectivity index (χ0n) is 10.00. The first-order chi connectivity index (χ1) is 8.19. The predicted molar refractivity (Wildman–Crippen MR) is 64.9 cm³/mol. The maximum atomic E-state index is 10.1. The standard InChI is InChI=1S/C13H16N2O2/c1-15-9-10(8-14-15)6-13(16)11-4-3-5-12(7-11)17-2/h3-5,7-9,13,16H,6H2,1-2H3. The van der Waals surface area contributed by atoms with Gasteiger partial charge in [0.2, 0.25) is 0 Å². The maximum absolute atomic E-state index is 10.1. The average molecular weight is 232 g/mol. The number of benzene rings is 1. The predicted octanol–water partition coefficient (Wildman–Crippen LogP) is 1.70. The Morgan fingerprint density at radius 1 is 1.47 bits per heavy atom. The highest BCUT2D eigenvalue weighted by Gasteiger charge is 2.10. The zero-order valence-corrected chi connectivity index (χ0v) is 10.00. The summed E-state index contributed by atoms with van der Waals surface area (Å²) < 4.78 is 6.86. The van der Waals surface area contributed by atoms with E-state index in [9.17, 15) is 5.11 Å². The molecule has 17 heavy (non-hydrogen) atoms. The molecule has 0 aliphatic carbocycles. The van der Waals surface area contributed by atoms with Crippen molar-refractivity contribution < 1.29 is 9.84 Å². The quantitative estimate of drug-likeness (QED) is 0.872. The topological polar surface area (TPSA) is 47.3 Å². The lowest BCUT2D eigenvalue weighted by Crippen LogP contribution is -2.01. The summed E-state index contributed by atoms with van der Waals surface area (Å²) in [6, 6.07) is 7.48. The number of hydrogen-bond donors (Lipinski definition) is 1. The van der Waals surface area contributed by atoms with Gasteiger partial charge in [0.25, 0.3) is 0 Å². The van der Waals surface area contributed by atoms with Gasteiger partial charge in [-0.3, -0.25) is 4.68 Å². The second-order valence-electron chi connectivity index (χ2n) is 4.02. The van der Waals surface area contributed by atoms with Gasteiger partial charge in [-0.05, 0) is 23.3 Å². The number of ether oxygens (including phenoxy) is 1. The van der Waals surface area contributed by atoms with Crippen LogP contribution < -0.4 is 4.74 Å². The van der Waals surface area contributed by atoms with E-state index in [2.05, 4.69) is 5.10 Å². The van der Waals surface area contributed by atoms with Crippen LogP contribution in [0.1, 0.15) is 17.2 Å². The zero-order chi connectivity index (χ0) is 12.3. The van der Waals surface area contributed by atoms with Gasteiger partial charge in [0.05, 0.1) is 19.4 Å². The van der Waals surface area contributed by atoms with E-state index in [-0.39, 0.29) is 0 Å². The molecule has 1 heterocycles. The molecule has 0 fully saturated rings. The van der Waals surface area contributed by atoms with E-state index in [1.54, 1.807) is 18.0 Å². The van der Waals surface area contributed by atoms with Crippen LogP contribution in [-0.4, -0.2) is 22.0 Å². The van der Waals surface area contributed by atoms with Crippen LogP contribution in [0.25, 0.3) is 0 Å². The van der Waals surface area contributed by atoms with Crippen LogP contribution >= 0.6 is 0 Å². The molecule has 0 spiro atoms. The lowest BCUT2D eigenvalue weighted by molar-refractivity contribution is 0.178. The third-order valence-electron chi connectivity index (χ3n) is 2.67. The van der Waals surface area contributed by atoms with Crippen LogP contribution in [-0.2, 0) is 13.5 Å². The van der Waals surface area contributed by atoms with Crippen LogP contribution in [0.2, 0.25) is 0 Å². The van der Waals surface area contributed by atoms with Crippen molar-refractivity contribution in [3.8, 4) is 5.75 Å². The molecule has 90 valence electrons. The van der Waals surface area contributed by atoms with E-state index >= 15 is 0 Å². The van der Waals surface area contributed by atoms with E-state index in [1.165, 1.54) is 0 Å². The normalized spacial score (nSPS) is 12.4. The van der Waals surface area contributed by atoms with Gasteiger partial charge in [-0.1, -0.05) is 12.1 Å². The Morgan fingerprint density at radius 2 is 2.29 bits per heavy atom. The second kappa shape index (κ2) is 5.01. The molecule has 2 aromatic rings. The summed E-state index contributed by atoms with van der Waals surface area (Å²) in [6.45, 7) is 0. The molecular formula is C13H16N2O2. The fourth-order valence-electron chi connectivity index (χ4n) is 1.77. The van der Waals surface area contributed by atoms with Gasteiger partial charge in [-0.25, -0.2) is 0 Å². The summed E-state index contributed by atoms with van der Waals surface area (Å²) in [5.41, 5.74) is 1.87. The Morgan fingerprint density at radius 3 is 2.94 bits per heavy atom. The minimum absolute atomic E-state index is 0.533. The highest BCUT2D eigenvalue weighted by molar-refractivity contribution is 5.30. The first-order valence-corrected chi connectivity index (χ1v) is 5.48. The molecule has 2 rings (SSSR count). The van der Waals surface area contributed by atoms with E-state index < -0.39 is 6.10 Å². The molecule has 0 aliphatic rings. The van der Waals surface area contributed by atoms with Crippen LogP contribution in [0.3, 0.4) is 0 Å². The van der Waals surface area contributed by atoms with Crippen molar-refractivity contribution in [2.75, 3.05) is 7.11 Å². The number of hydrogen-bond acceptors (Lipinski definition) is 3. The number of nitrogens with zero attached hydrogens (tertiary/aromatic N) is 2. The van der Waals surface area contributed by atoms with Crippen molar-refractivity contribution in [2.45, 2.75) is 12.5 Å². The first-order valence-electron chi connectivity index (χ1n) is 5.48. The Kier molecular flexibility index (Phi) is 3.44. The van der Waals surface area contributed by atoms with Gasteiger partial charge in [-0.15, -0.1) is 0 Å². The summed E-state index contributed by atoms with van der Waals surface area (Å²) in [5.74, 6) is 0.757. The highest BCUT2D eigenvalue weighted by Crippen LogP contribution is 2.21. The van der Waals surface area contributed by atoms with Crippen LogP contribution in [0.4, 0.5) is 0 Å². The van der Waals surface area contributed by atoms with Crippen LogP contribution in [0.5, 0.6) is 5.75 Å². The van der Waals surface area contributed by atoms with Crippen molar-refractivity contribution in [1.29, 1.82) is 0 Å². The van der Waals surface area contributed by atoms with Gasteiger partial charge < -0.3 is 9.84 Å².